The van der Waals surface area contributed by atoms with Gasteiger partial charge in [0, 0.05) is 24.6 Å². The van der Waals surface area contributed by atoms with E-state index in [1.807, 2.05) is 13.8 Å². The van der Waals surface area contributed by atoms with Crippen LogP contribution in [-0.4, -0.2) is 65.2 Å². The van der Waals surface area contributed by atoms with Gasteiger partial charge in [-0.05, 0) is 36.6 Å². The van der Waals surface area contributed by atoms with Crippen molar-refractivity contribution in [3.8, 4) is 11.3 Å². The molecule has 0 aliphatic heterocycles. The quantitative estimate of drug-likeness (QED) is 0.432. The molecule has 1 aromatic carbocycles. The highest BCUT2D eigenvalue weighted by Crippen LogP contribution is 2.33. The lowest BCUT2D eigenvalue weighted by Gasteiger charge is -2.21. The number of rotatable bonds is 11. The summed E-state index contributed by atoms with van der Waals surface area (Å²) in [5, 5.41) is 28.9. The molecule has 0 saturated heterocycles. The van der Waals surface area contributed by atoms with Gasteiger partial charge in [0.25, 0.3) is 0 Å². The number of carboxylic acids is 1. The smallest absolute Gasteiger partial charge is 0.305 e. The largest absolute Gasteiger partial charge is 0.481 e. The third-order valence-electron chi connectivity index (χ3n) is 5.35. The van der Waals surface area contributed by atoms with Crippen molar-refractivity contribution >= 4 is 28.0 Å². The molecule has 1 aromatic heterocycles. The van der Waals surface area contributed by atoms with Crippen molar-refractivity contribution in [3.05, 3.63) is 47.4 Å². The lowest BCUT2D eigenvalue weighted by atomic mass is 9.95. The van der Waals surface area contributed by atoms with Crippen LogP contribution in [0.25, 0.3) is 17.3 Å². The molecule has 0 fully saturated rings. The summed E-state index contributed by atoms with van der Waals surface area (Å²) < 4.78 is 38.8. The van der Waals surface area contributed by atoms with Crippen molar-refractivity contribution in [3.63, 3.8) is 0 Å². The minimum Gasteiger partial charge on any atom is -0.481 e. The Balaban J connectivity index is 2.65. The number of carbonyl (C=O) groups is 1. The first kappa shape index (κ1) is 27.4. The van der Waals surface area contributed by atoms with E-state index in [-0.39, 0.29) is 18.3 Å². The van der Waals surface area contributed by atoms with Gasteiger partial charge in [-0.3, -0.25) is 4.79 Å². The van der Waals surface area contributed by atoms with Crippen molar-refractivity contribution in [1.29, 1.82) is 0 Å². The summed E-state index contributed by atoms with van der Waals surface area (Å²) in [7, 11) is -2.32. The molecule has 3 atom stereocenters. The number of aliphatic carboxylic acids is 1. The maximum Gasteiger partial charge on any atom is 0.305 e. The van der Waals surface area contributed by atoms with E-state index in [9.17, 15) is 27.8 Å². The normalized spacial score (nSPS) is 14.7. The molecule has 0 saturated carbocycles. The molecule has 1 unspecified atom stereocenters. The molecule has 0 radical (unpaired) electrons. The van der Waals surface area contributed by atoms with E-state index in [0.717, 1.165) is 10.6 Å². The van der Waals surface area contributed by atoms with Gasteiger partial charge >= 0.3 is 5.97 Å². The van der Waals surface area contributed by atoms with Crippen LogP contribution in [0.2, 0.25) is 0 Å². The first-order valence-corrected chi connectivity index (χ1v) is 12.6. The first-order chi connectivity index (χ1) is 15.8. The summed E-state index contributed by atoms with van der Waals surface area (Å²) in [5.41, 5.74) is 1.87. The van der Waals surface area contributed by atoms with Gasteiger partial charge in [-0.1, -0.05) is 26.0 Å². The number of aliphatic hydroxyl groups is 2. The fourth-order valence-electron chi connectivity index (χ4n) is 3.17. The summed E-state index contributed by atoms with van der Waals surface area (Å²) in [6, 6.07) is 5.52. The van der Waals surface area contributed by atoms with Crippen LogP contribution in [0.3, 0.4) is 0 Å². The fraction of sp³-hybridized carbons (Fsp3) is 0.435. The van der Waals surface area contributed by atoms with Crippen LogP contribution >= 0.6 is 0 Å². The van der Waals surface area contributed by atoms with E-state index in [1.54, 1.807) is 6.08 Å². The predicted molar refractivity (Wildman–Crippen MR) is 127 cm³/mol. The van der Waals surface area contributed by atoms with Gasteiger partial charge < -0.3 is 15.3 Å². The van der Waals surface area contributed by atoms with Crippen LogP contribution in [0.1, 0.15) is 50.3 Å². The zero-order chi connectivity index (χ0) is 25.6. The van der Waals surface area contributed by atoms with Crippen molar-refractivity contribution in [1.82, 2.24) is 9.97 Å². The predicted octanol–water partition coefficient (Wildman–Crippen LogP) is 2.79. The number of halogens is 1. The Bertz CT molecular complexity index is 1140. The highest BCUT2D eigenvalue weighted by molar-refractivity contribution is 7.92. The van der Waals surface area contributed by atoms with Crippen LogP contribution in [-0.2, 0) is 14.8 Å². The SMILES string of the molecule is CCC(C)c1nc(N(C)S(C)(=O)=O)nc(-c2ccc(F)cc2)c1/C=C/[C@H](O)C[C@@H](O)CC(=O)O. The van der Waals surface area contributed by atoms with Crippen LogP contribution in [0.5, 0.6) is 0 Å². The second kappa shape index (κ2) is 11.5. The molecule has 2 aromatic rings. The van der Waals surface area contributed by atoms with Gasteiger partial charge in [0.2, 0.25) is 16.0 Å². The Morgan fingerprint density at radius 3 is 2.35 bits per heavy atom. The van der Waals surface area contributed by atoms with Gasteiger partial charge in [0.05, 0.1) is 36.3 Å². The lowest BCUT2D eigenvalue weighted by molar-refractivity contribution is -0.139. The van der Waals surface area contributed by atoms with Crippen LogP contribution in [0.15, 0.2) is 30.3 Å². The van der Waals surface area contributed by atoms with Crippen LogP contribution < -0.4 is 4.31 Å². The second-order valence-electron chi connectivity index (χ2n) is 8.13. The third-order valence-corrected chi connectivity index (χ3v) is 6.51. The van der Waals surface area contributed by atoms with Crippen molar-refractivity contribution < 1.29 is 32.9 Å². The highest BCUT2D eigenvalue weighted by Gasteiger charge is 2.23. The Morgan fingerprint density at radius 2 is 1.82 bits per heavy atom. The van der Waals surface area contributed by atoms with E-state index in [4.69, 9.17) is 5.11 Å². The summed E-state index contributed by atoms with van der Waals surface area (Å²) >= 11 is 0. The van der Waals surface area contributed by atoms with Crippen LogP contribution in [0.4, 0.5) is 10.3 Å². The minimum atomic E-state index is -3.66. The van der Waals surface area contributed by atoms with E-state index < -0.39 is 40.4 Å². The molecule has 0 amide bonds. The molecule has 0 bridgehead atoms. The van der Waals surface area contributed by atoms with E-state index in [2.05, 4.69) is 9.97 Å². The zero-order valence-electron chi connectivity index (χ0n) is 19.5. The topological polar surface area (TPSA) is 141 Å². The van der Waals surface area contributed by atoms with E-state index in [1.165, 1.54) is 37.4 Å². The summed E-state index contributed by atoms with van der Waals surface area (Å²) in [6.45, 7) is 3.85. The Morgan fingerprint density at radius 1 is 1.21 bits per heavy atom. The number of hydrogen-bond acceptors (Lipinski definition) is 7. The number of aliphatic hydroxyl groups excluding tert-OH is 2. The number of nitrogens with zero attached hydrogens (tertiary/aromatic N) is 3. The molecule has 3 N–H and O–H groups in total. The molecular formula is C23H30FN3O6S. The number of benzene rings is 1. The van der Waals surface area contributed by atoms with Crippen LogP contribution in [0, 0.1) is 5.82 Å². The number of anilines is 1. The summed E-state index contributed by atoms with van der Waals surface area (Å²) in [5.74, 6) is -1.80. The van der Waals surface area contributed by atoms with Gasteiger partial charge in [0.15, 0.2) is 0 Å². The summed E-state index contributed by atoms with van der Waals surface area (Å²) in [4.78, 5) is 19.7. The molecule has 34 heavy (non-hydrogen) atoms. The monoisotopic (exact) mass is 495 g/mol. The average Bonchev–Trinajstić information content (AvgIpc) is 2.75. The van der Waals surface area contributed by atoms with Gasteiger partial charge in [0.1, 0.15) is 5.82 Å². The molecule has 0 aliphatic rings. The highest BCUT2D eigenvalue weighted by atomic mass is 32.2. The van der Waals surface area contributed by atoms with Gasteiger partial charge in [-0.25, -0.2) is 27.1 Å². The Kier molecular flexibility index (Phi) is 9.25. The van der Waals surface area contributed by atoms with Gasteiger partial charge in [-0.15, -0.1) is 0 Å². The Labute approximate surface area is 198 Å². The maximum atomic E-state index is 13.6. The average molecular weight is 496 g/mol. The van der Waals surface area contributed by atoms with Gasteiger partial charge in [-0.2, -0.15) is 0 Å². The zero-order valence-corrected chi connectivity index (χ0v) is 20.3. The number of aromatic nitrogens is 2. The Hall–Kier alpha value is -2.89. The van der Waals surface area contributed by atoms with Crippen molar-refractivity contribution in [2.75, 3.05) is 17.6 Å². The number of carboxylic acid groups (broad SMARTS) is 1. The molecule has 1 heterocycles. The molecule has 2 rings (SSSR count). The number of hydrogen-bond donors (Lipinski definition) is 3. The van der Waals surface area contributed by atoms with Crippen molar-refractivity contribution in [2.24, 2.45) is 0 Å². The standard InChI is InChI=1S/C23H30FN3O6S/c1-5-14(2)21-19(11-10-17(28)12-18(29)13-20(30)31)22(15-6-8-16(24)9-7-15)26-23(25-21)27(3)34(4,32)33/h6-11,14,17-18,28-29H,5,12-13H2,1-4H3,(H,30,31)/b11-10+/t14?,17-,18+/m0/s1. The lowest BCUT2D eigenvalue weighted by Crippen LogP contribution is -2.27. The number of sulfonamides is 1. The molecule has 0 aliphatic carbocycles. The molecule has 0 spiro atoms. The summed E-state index contributed by atoms with van der Waals surface area (Å²) in [6.07, 6.45) is 1.57. The fourth-order valence-corrected chi connectivity index (χ4v) is 3.55. The first-order valence-electron chi connectivity index (χ1n) is 10.7. The third kappa shape index (κ3) is 7.31. The maximum absolute atomic E-state index is 13.6. The van der Waals surface area contributed by atoms with E-state index in [0.29, 0.717) is 28.9 Å². The minimum absolute atomic E-state index is 0.0493. The molecule has 9 nitrogen and oxygen atoms in total. The van der Waals surface area contributed by atoms with E-state index >= 15 is 0 Å². The second-order valence-corrected chi connectivity index (χ2v) is 10.1. The van der Waals surface area contributed by atoms with Crippen molar-refractivity contribution in [2.45, 2.75) is 51.2 Å². The molecule has 11 heteroatoms. The molecule has 186 valence electrons. The molecular weight excluding hydrogens is 465 g/mol.